The van der Waals surface area contributed by atoms with E-state index in [9.17, 15) is 0 Å². The third-order valence-corrected chi connectivity index (χ3v) is 7.10. The van der Waals surface area contributed by atoms with E-state index in [1.54, 1.807) is 14.2 Å². The van der Waals surface area contributed by atoms with E-state index in [2.05, 4.69) is 47.1 Å². The van der Waals surface area contributed by atoms with Crippen LogP contribution in [0, 0.1) is 12.8 Å². The Balaban J connectivity index is 0. The predicted molar refractivity (Wildman–Crippen MR) is 159 cm³/mol. The third kappa shape index (κ3) is 10.8. The molecule has 0 bridgehead atoms. The van der Waals surface area contributed by atoms with E-state index in [1.807, 2.05) is 0 Å². The van der Waals surface area contributed by atoms with Crippen LogP contribution in [-0.2, 0) is 19.3 Å². The Labute approximate surface area is 241 Å². The number of likely N-dealkylation sites (tertiary alicyclic amines) is 1. The highest BCUT2D eigenvalue weighted by atomic mass is 35.5. The number of methoxy groups -OCH3 is 2. The van der Waals surface area contributed by atoms with E-state index >= 15 is 0 Å². The topological polar surface area (TPSA) is 101 Å². The Morgan fingerprint density at radius 3 is 2.05 bits per heavy atom. The molecule has 1 atom stereocenters. The van der Waals surface area contributed by atoms with E-state index < -0.39 is 0 Å². The normalized spacial score (nSPS) is 17.5. The molecule has 1 aromatic carbocycles. The maximum Gasteiger partial charge on any atom is 0.161 e. The van der Waals surface area contributed by atoms with Crippen molar-refractivity contribution in [3.8, 4) is 11.5 Å². The third-order valence-electron chi connectivity index (χ3n) is 7.10. The summed E-state index contributed by atoms with van der Waals surface area (Å²) in [6, 6.07) is 10.7. The zero-order chi connectivity index (χ0) is 22.3. The molecule has 214 valence electrons. The van der Waals surface area contributed by atoms with E-state index in [4.69, 9.17) is 14.5 Å². The molecule has 2 aliphatic heterocycles. The first kappa shape index (κ1) is 37.8. The molecular formula is C27H46Cl3N3O4. The van der Waals surface area contributed by atoms with Gasteiger partial charge in [0.2, 0.25) is 0 Å². The molecule has 4 N–H and O–H groups in total. The lowest BCUT2D eigenvalue weighted by Gasteiger charge is -2.29. The van der Waals surface area contributed by atoms with Crippen LogP contribution >= 0.6 is 37.2 Å². The maximum absolute atomic E-state index is 5.53. The lowest BCUT2D eigenvalue weighted by Crippen LogP contribution is -2.37. The minimum Gasteiger partial charge on any atom is -0.493 e. The summed E-state index contributed by atoms with van der Waals surface area (Å²) in [5.74, 6) is 2.46. The molecule has 4 rings (SSSR count). The van der Waals surface area contributed by atoms with Crippen LogP contribution in [0.25, 0.3) is 0 Å². The van der Waals surface area contributed by atoms with Gasteiger partial charge >= 0.3 is 0 Å². The molecule has 0 saturated carbocycles. The summed E-state index contributed by atoms with van der Waals surface area (Å²) in [6.45, 7) is 9.12. The van der Waals surface area contributed by atoms with E-state index in [0.29, 0.717) is 0 Å². The number of rotatable bonds is 7. The van der Waals surface area contributed by atoms with Gasteiger partial charge in [-0.3, -0.25) is 4.98 Å². The van der Waals surface area contributed by atoms with Crippen LogP contribution in [0.15, 0.2) is 30.3 Å². The standard InChI is InChI=1S/C27H39N3O2.3ClH.2H2O/c1-21-7-6-9-25(28-21)12-16-29-13-5-4-8-22(19-29)20-30-14-10-23-17-26(31-2)27(32-3)18-24(23)11-15-30;;;;;/h6-7,9,17-18,22H,4-5,8,10-16,19-20H2,1-3H3;3*1H;2*1H2. The summed E-state index contributed by atoms with van der Waals surface area (Å²) >= 11 is 0. The largest absolute Gasteiger partial charge is 0.493 e. The molecule has 1 unspecified atom stereocenters. The summed E-state index contributed by atoms with van der Waals surface area (Å²) in [4.78, 5) is 10.1. The Bertz CT molecular complexity index is 872. The summed E-state index contributed by atoms with van der Waals surface area (Å²) in [5.41, 5.74) is 5.17. The smallest absolute Gasteiger partial charge is 0.161 e. The molecule has 0 aliphatic carbocycles. The molecule has 0 amide bonds. The van der Waals surface area contributed by atoms with Gasteiger partial charge in [0.1, 0.15) is 0 Å². The number of nitrogens with zero attached hydrogens (tertiary/aromatic N) is 3. The van der Waals surface area contributed by atoms with Gasteiger partial charge in [-0.25, -0.2) is 0 Å². The van der Waals surface area contributed by atoms with Crippen molar-refractivity contribution in [2.75, 3.05) is 53.5 Å². The summed E-state index contributed by atoms with van der Waals surface area (Å²) in [6.07, 6.45) is 7.26. The average Bonchev–Trinajstić information content (AvgIpc) is 3.15. The predicted octanol–water partition coefficient (Wildman–Crippen LogP) is 3.77. The second kappa shape index (κ2) is 18.9. The van der Waals surface area contributed by atoms with Crippen LogP contribution in [0.3, 0.4) is 0 Å². The molecule has 3 heterocycles. The second-order valence-corrected chi connectivity index (χ2v) is 9.46. The van der Waals surface area contributed by atoms with E-state index in [0.717, 1.165) is 62.0 Å². The first-order valence-corrected chi connectivity index (χ1v) is 12.3. The highest BCUT2D eigenvalue weighted by molar-refractivity contribution is 5.86. The van der Waals surface area contributed by atoms with Crippen molar-refractivity contribution in [2.45, 2.75) is 45.4 Å². The van der Waals surface area contributed by atoms with Crippen molar-refractivity contribution >= 4 is 37.2 Å². The number of aryl methyl sites for hydroxylation is 1. The quantitative estimate of drug-likeness (QED) is 0.495. The van der Waals surface area contributed by atoms with Crippen LogP contribution in [0.1, 0.15) is 41.8 Å². The number of hydrogen-bond acceptors (Lipinski definition) is 5. The van der Waals surface area contributed by atoms with Gasteiger partial charge in [-0.2, -0.15) is 0 Å². The Hall–Kier alpha value is -1.32. The minimum atomic E-state index is 0. The van der Waals surface area contributed by atoms with Gasteiger partial charge in [0, 0.05) is 50.5 Å². The first-order valence-electron chi connectivity index (χ1n) is 12.3. The Kier molecular flexibility index (Phi) is 19.3. The SMILES string of the molecule is COc1cc2c(cc1OC)CCN(CC1CCCCN(CCc3cccc(C)n3)C1)CC2.Cl.Cl.Cl.O.O. The number of aromatic nitrogens is 1. The molecule has 2 aromatic rings. The van der Waals surface area contributed by atoms with Gasteiger partial charge in [0.25, 0.3) is 0 Å². The van der Waals surface area contributed by atoms with Crippen molar-refractivity contribution in [1.82, 2.24) is 14.8 Å². The molecule has 10 heteroatoms. The van der Waals surface area contributed by atoms with Gasteiger partial charge in [-0.05, 0) is 80.5 Å². The van der Waals surface area contributed by atoms with Crippen LogP contribution in [0.2, 0.25) is 0 Å². The van der Waals surface area contributed by atoms with E-state index in [1.165, 1.54) is 55.7 Å². The van der Waals surface area contributed by atoms with Crippen LogP contribution in [-0.4, -0.2) is 79.2 Å². The highest BCUT2D eigenvalue weighted by Gasteiger charge is 2.23. The molecule has 0 spiro atoms. The monoisotopic (exact) mass is 581 g/mol. The van der Waals surface area contributed by atoms with Gasteiger partial charge in [0.05, 0.1) is 14.2 Å². The fraction of sp³-hybridized carbons (Fsp3) is 0.593. The molecule has 2 aliphatic rings. The first-order chi connectivity index (χ1) is 15.6. The van der Waals surface area contributed by atoms with Crippen LogP contribution < -0.4 is 9.47 Å². The number of benzene rings is 1. The molecule has 1 saturated heterocycles. The number of pyridine rings is 1. The molecule has 0 radical (unpaired) electrons. The molecule has 1 fully saturated rings. The summed E-state index contributed by atoms with van der Waals surface area (Å²) in [5, 5.41) is 0. The van der Waals surface area contributed by atoms with Crippen molar-refractivity contribution in [1.29, 1.82) is 0 Å². The van der Waals surface area contributed by atoms with Gasteiger partial charge in [0.15, 0.2) is 11.5 Å². The van der Waals surface area contributed by atoms with Crippen LogP contribution in [0.4, 0.5) is 0 Å². The van der Waals surface area contributed by atoms with Crippen molar-refractivity contribution < 1.29 is 20.4 Å². The zero-order valence-electron chi connectivity index (χ0n) is 22.3. The van der Waals surface area contributed by atoms with Crippen molar-refractivity contribution in [3.63, 3.8) is 0 Å². The fourth-order valence-corrected chi connectivity index (χ4v) is 5.32. The maximum atomic E-state index is 5.53. The average molecular weight is 583 g/mol. The number of halogens is 3. The molecular weight excluding hydrogens is 537 g/mol. The molecule has 1 aromatic heterocycles. The molecule has 37 heavy (non-hydrogen) atoms. The lowest BCUT2D eigenvalue weighted by atomic mass is 10.0. The van der Waals surface area contributed by atoms with Crippen molar-refractivity contribution in [3.05, 3.63) is 52.8 Å². The van der Waals surface area contributed by atoms with Gasteiger partial charge in [-0.15, -0.1) is 37.2 Å². The second-order valence-electron chi connectivity index (χ2n) is 9.46. The lowest BCUT2D eigenvalue weighted by molar-refractivity contribution is 0.189. The van der Waals surface area contributed by atoms with Gasteiger partial charge in [-0.1, -0.05) is 12.5 Å². The van der Waals surface area contributed by atoms with Gasteiger partial charge < -0.3 is 30.2 Å². The van der Waals surface area contributed by atoms with E-state index in [-0.39, 0.29) is 48.2 Å². The minimum absolute atomic E-state index is 0. The zero-order valence-corrected chi connectivity index (χ0v) is 24.8. The molecule has 7 nitrogen and oxygen atoms in total. The number of ether oxygens (including phenoxy) is 2. The highest BCUT2D eigenvalue weighted by Crippen LogP contribution is 2.32. The summed E-state index contributed by atoms with van der Waals surface area (Å²) in [7, 11) is 3.44. The fourth-order valence-electron chi connectivity index (χ4n) is 5.32. The Morgan fingerprint density at radius 2 is 1.49 bits per heavy atom. The van der Waals surface area contributed by atoms with Crippen molar-refractivity contribution in [2.24, 2.45) is 5.92 Å². The number of hydrogen-bond donors (Lipinski definition) is 0. The number of fused-ring (bicyclic) bond motifs is 1. The van der Waals surface area contributed by atoms with Crippen LogP contribution in [0.5, 0.6) is 11.5 Å². The Morgan fingerprint density at radius 1 is 0.865 bits per heavy atom. The summed E-state index contributed by atoms with van der Waals surface area (Å²) < 4.78 is 11.1.